The quantitative estimate of drug-likeness (QED) is 0.756. The van der Waals surface area contributed by atoms with Crippen LogP contribution in [0.3, 0.4) is 0 Å². The molecule has 1 amide bonds. The number of rotatable bonds is 7. The first kappa shape index (κ1) is 18.0. The van der Waals surface area contributed by atoms with Crippen LogP contribution < -0.4 is 5.32 Å². The molecule has 0 saturated carbocycles. The zero-order valence-corrected chi connectivity index (χ0v) is 13.2. The number of carbonyl (C=O) groups is 2. The molecule has 0 fully saturated rings. The molecule has 0 bridgehead atoms. The lowest BCUT2D eigenvalue weighted by molar-refractivity contribution is -0.140. The Hall–Kier alpha value is -2.08. The number of aliphatic carboxylic acids is 1. The third-order valence-electron chi connectivity index (χ3n) is 2.65. The van der Waals surface area contributed by atoms with Crippen LogP contribution in [0, 0.1) is 0 Å². The van der Waals surface area contributed by atoms with Gasteiger partial charge in [0, 0.05) is 13.0 Å². The van der Waals surface area contributed by atoms with E-state index in [2.05, 4.69) is 5.32 Å². The largest absolute Gasteiger partial charge is 0.480 e. The molecule has 1 aromatic rings. The van der Waals surface area contributed by atoms with Crippen molar-refractivity contribution in [3.05, 3.63) is 35.9 Å². The molecule has 0 spiro atoms. The number of carboxylic acids is 1. The van der Waals surface area contributed by atoms with Gasteiger partial charge in [0.25, 0.3) is 0 Å². The number of amides is 1. The van der Waals surface area contributed by atoms with Crippen molar-refractivity contribution < 1.29 is 24.2 Å². The van der Waals surface area contributed by atoms with Crippen LogP contribution in [0.25, 0.3) is 0 Å². The van der Waals surface area contributed by atoms with Gasteiger partial charge in [-0.25, -0.2) is 9.59 Å². The van der Waals surface area contributed by atoms with Crippen LogP contribution in [-0.2, 0) is 20.9 Å². The second-order valence-corrected chi connectivity index (χ2v) is 5.86. The second kappa shape index (κ2) is 8.38. The third-order valence-corrected chi connectivity index (χ3v) is 2.65. The van der Waals surface area contributed by atoms with Crippen LogP contribution in [0.4, 0.5) is 4.79 Å². The molecule has 6 heteroatoms. The number of carbonyl (C=O) groups excluding carboxylic acids is 1. The van der Waals surface area contributed by atoms with Gasteiger partial charge in [-0.15, -0.1) is 0 Å². The molecule has 0 aliphatic heterocycles. The summed E-state index contributed by atoms with van der Waals surface area (Å²) in [5.74, 6) is -1.12. The minimum absolute atomic E-state index is 0.168. The van der Waals surface area contributed by atoms with Crippen LogP contribution in [0.15, 0.2) is 30.3 Å². The van der Waals surface area contributed by atoms with E-state index in [1.54, 1.807) is 20.8 Å². The normalized spacial score (nSPS) is 12.5. The summed E-state index contributed by atoms with van der Waals surface area (Å²) >= 11 is 0. The summed E-state index contributed by atoms with van der Waals surface area (Å²) in [6, 6.07) is 8.53. The van der Waals surface area contributed by atoms with Crippen molar-refractivity contribution in [3.63, 3.8) is 0 Å². The molecule has 0 aliphatic rings. The molecule has 0 aromatic heterocycles. The van der Waals surface area contributed by atoms with Gasteiger partial charge in [0.1, 0.15) is 11.6 Å². The Morgan fingerprint density at radius 1 is 1.23 bits per heavy atom. The van der Waals surface area contributed by atoms with Gasteiger partial charge in [-0.05, 0) is 26.3 Å². The molecule has 6 nitrogen and oxygen atoms in total. The van der Waals surface area contributed by atoms with Gasteiger partial charge in [-0.3, -0.25) is 0 Å². The Kier molecular flexibility index (Phi) is 6.85. The number of nitrogens with one attached hydrogen (secondary N) is 1. The van der Waals surface area contributed by atoms with Crippen molar-refractivity contribution in [2.45, 2.75) is 45.4 Å². The fraction of sp³-hybridized carbons (Fsp3) is 0.500. The monoisotopic (exact) mass is 309 g/mol. The molecule has 122 valence electrons. The van der Waals surface area contributed by atoms with Crippen LogP contribution in [0.1, 0.15) is 32.8 Å². The summed E-state index contributed by atoms with van der Waals surface area (Å²) < 4.78 is 10.5. The third kappa shape index (κ3) is 7.64. The van der Waals surface area contributed by atoms with Crippen LogP contribution in [0.2, 0.25) is 0 Å². The first-order chi connectivity index (χ1) is 10.3. The summed E-state index contributed by atoms with van der Waals surface area (Å²) in [6.45, 7) is 5.77. The van der Waals surface area contributed by atoms with Crippen molar-refractivity contribution in [1.29, 1.82) is 0 Å². The average molecular weight is 309 g/mol. The summed E-state index contributed by atoms with van der Waals surface area (Å²) in [5, 5.41) is 11.4. The maximum Gasteiger partial charge on any atom is 0.408 e. The van der Waals surface area contributed by atoms with Gasteiger partial charge in [0.15, 0.2) is 0 Å². The lowest BCUT2D eigenvalue weighted by atomic mass is 10.2. The fourth-order valence-corrected chi connectivity index (χ4v) is 1.67. The maximum atomic E-state index is 11.6. The van der Waals surface area contributed by atoms with E-state index in [0.29, 0.717) is 6.61 Å². The van der Waals surface area contributed by atoms with Gasteiger partial charge in [0.05, 0.1) is 6.61 Å². The number of carboxylic acid groups (broad SMARTS) is 1. The zero-order chi connectivity index (χ0) is 16.6. The van der Waals surface area contributed by atoms with E-state index in [1.807, 2.05) is 30.3 Å². The minimum atomic E-state index is -1.12. The van der Waals surface area contributed by atoms with Crippen LogP contribution in [0.5, 0.6) is 0 Å². The minimum Gasteiger partial charge on any atom is -0.480 e. The molecular formula is C16H23NO5. The van der Waals surface area contributed by atoms with Crippen molar-refractivity contribution in [3.8, 4) is 0 Å². The van der Waals surface area contributed by atoms with E-state index >= 15 is 0 Å². The van der Waals surface area contributed by atoms with Gasteiger partial charge < -0.3 is 19.9 Å². The van der Waals surface area contributed by atoms with Crippen molar-refractivity contribution in [1.82, 2.24) is 5.32 Å². The Morgan fingerprint density at radius 2 is 1.86 bits per heavy atom. The molecule has 0 heterocycles. The highest BCUT2D eigenvalue weighted by Crippen LogP contribution is 2.07. The van der Waals surface area contributed by atoms with E-state index in [9.17, 15) is 9.59 Å². The van der Waals surface area contributed by atoms with Gasteiger partial charge in [-0.1, -0.05) is 30.3 Å². The van der Waals surface area contributed by atoms with Gasteiger partial charge in [0.2, 0.25) is 0 Å². The van der Waals surface area contributed by atoms with Gasteiger partial charge in [-0.2, -0.15) is 0 Å². The number of alkyl carbamates (subject to hydrolysis) is 1. The number of hydrogen-bond donors (Lipinski definition) is 2. The maximum absolute atomic E-state index is 11.6. The fourth-order valence-electron chi connectivity index (χ4n) is 1.67. The second-order valence-electron chi connectivity index (χ2n) is 5.86. The number of benzene rings is 1. The van der Waals surface area contributed by atoms with E-state index < -0.39 is 23.7 Å². The Balaban J connectivity index is 2.35. The molecule has 0 saturated heterocycles. The SMILES string of the molecule is CC(C)(C)OC(=O)N[C@H](CCOCc1ccccc1)C(=O)O. The van der Waals surface area contributed by atoms with Crippen LogP contribution >= 0.6 is 0 Å². The predicted molar refractivity (Wildman–Crippen MR) is 81.5 cm³/mol. The average Bonchev–Trinajstić information content (AvgIpc) is 2.41. The highest BCUT2D eigenvalue weighted by molar-refractivity contribution is 5.79. The highest BCUT2D eigenvalue weighted by Gasteiger charge is 2.23. The molecule has 2 N–H and O–H groups in total. The summed E-state index contributed by atoms with van der Waals surface area (Å²) in [6.07, 6.45) is -0.579. The van der Waals surface area contributed by atoms with E-state index in [-0.39, 0.29) is 13.0 Å². The molecular weight excluding hydrogens is 286 g/mol. The molecule has 1 atom stereocenters. The smallest absolute Gasteiger partial charge is 0.408 e. The highest BCUT2D eigenvalue weighted by atomic mass is 16.6. The molecule has 1 aromatic carbocycles. The Labute approximate surface area is 130 Å². The van der Waals surface area contributed by atoms with Crippen molar-refractivity contribution in [2.75, 3.05) is 6.61 Å². The molecule has 0 aliphatic carbocycles. The summed E-state index contributed by atoms with van der Waals surface area (Å²) in [5.41, 5.74) is 0.339. The Morgan fingerprint density at radius 3 is 2.41 bits per heavy atom. The molecule has 22 heavy (non-hydrogen) atoms. The summed E-state index contributed by atoms with van der Waals surface area (Å²) in [4.78, 5) is 22.7. The van der Waals surface area contributed by atoms with Crippen LogP contribution in [-0.4, -0.2) is 35.4 Å². The van der Waals surface area contributed by atoms with Gasteiger partial charge >= 0.3 is 12.1 Å². The molecule has 0 unspecified atom stereocenters. The molecule has 0 radical (unpaired) electrons. The summed E-state index contributed by atoms with van der Waals surface area (Å²) in [7, 11) is 0. The van der Waals surface area contributed by atoms with E-state index in [4.69, 9.17) is 14.6 Å². The first-order valence-electron chi connectivity index (χ1n) is 7.12. The zero-order valence-electron chi connectivity index (χ0n) is 13.2. The van der Waals surface area contributed by atoms with E-state index in [0.717, 1.165) is 5.56 Å². The predicted octanol–water partition coefficient (Wildman–Crippen LogP) is 2.57. The lowest BCUT2D eigenvalue weighted by Crippen LogP contribution is -2.44. The lowest BCUT2D eigenvalue weighted by Gasteiger charge is -2.22. The number of ether oxygens (including phenoxy) is 2. The Bertz CT molecular complexity index is 481. The molecule has 1 rings (SSSR count). The van der Waals surface area contributed by atoms with E-state index in [1.165, 1.54) is 0 Å². The first-order valence-corrected chi connectivity index (χ1v) is 7.12. The van der Waals surface area contributed by atoms with Crippen molar-refractivity contribution >= 4 is 12.1 Å². The number of hydrogen-bond acceptors (Lipinski definition) is 4. The topological polar surface area (TPSA) is 84.9 Å². The standard InChI is InChI=1S/C16H23NO5/c1-16(2,3)22-15(20)17-13(14(18)19)9-10-21-11-12-7-5-4-6-8-12/h4-8,13H,9-11H2,1-3H3,(H,17,20)(H,18,19)/t13-/m1/s1. The van der Waals surface area contributed by atoms with Crippen molar-refractivity contribution in [2.24, 2.45) is 0 Å².